The molecule has 2 atom stereocenters. The molecule has 186 valence electrons. The Bertz CT molecular complexity index is 1100. The summed E-state index contributed by atoms with van der Waals surface area (Å²) in [6.07, 6.45) is 7.24. The molecule has 0 spiro atoms. The normalized spacial score (nSPS) is 26.4. The molecule has 0 saturated carbocycles. The molecule has 0 aliphatic carbocycles. The summed E-state index contributed by atoms with van der Waals surface area (Å²) in [5.74, 6) is 2.15. The Hall–Kier alpha value is -3.05. The topological polar surface area (TPSA) is 126 Å². The van der Waals surface area contributed by atoms with Crippen molar-refractivity contribution in [3.63, 3.8) is 0 Å². The van der Waals surface area contributed by atoms with Crippen molar-refractivity contribution in [3.8, 4) is 11.3 Å². The molecule has 4 aliphatic rings. The van der Waals surface area contributed by atoms with E-state index in [-0.39, 0.29) is 23.4 Å². The Morgan fingerprint density at radius 3 is 2.71 bits per heavy atom. The summed E-state index contributed by atoms with van der Waals surface area (Å²) in [4.78, 5) is 38.2. The predicted molar refractivity (Wildman–Crippen MR) is 132 cm³/mol. The van der Waals surface area contributed by atoms with E-state index in [1.54, 1.807) is 12.4 Å². The Morgan fingerprint density at radius 1 is 1.17 bits per heavy atom. The molecule has 0 unspecified atom stereocenters. The second-order valence-electron chi connectivity index (χ2n) is 10.2. The van der Waals surface area contributed by atoms with Gasteiger partial charge in [0, 0.05) is 56.2 Å². The molecule has 0 bridgehead atoms. The molecule has 0 radical (unpaired) electrons. The van der Waals surface area contributed by atoms with E-state index < -0.39 is 0 Å². The predicted octanol–water partition coefficient (Wildman–Crippen LogP) is 0.458. The summed E-state index contributed by atoms with van der Waals surface area (Å²) in [7, 11) is 0. The van der Waals surface area contributed by atoms with E-state index in [1.807, 2.05) is 4.90 Å². The monoisotopic (exact) mass is 479 g/mol. The van der Waals surface area contributed by atoms with Crippen molar-refractivity contribution in [2.45, 2.75) is 44.2 Å². The van der Waals surface area contributed by atoms with Crippen LogP contribution in [-0.2, 0) is 16.0 Å². The van der Waals surface area contributed by atoms with Crippen LogP contribution in [0.2, 0.25) is 0 Å². The maximum Gasteiger partial charge on any atom is 0.239 e. The van der Waals surface area contributed by atoms with Gasteiger partial charge in [0.1, 0.15) is 5.82 Å². The van der Waals surface area contributed by atoms with Crippen LogP contribution in [0.25, 0.3) is 11.3 Å². The Balaban J connectivity index is 1.34. The number of rotatable bonds is 4. The quantitative estimate of drug-likeness (QED) is 0.639. The number of carbonyl (C=O) groups is 1. The fraction of sp³-hybridized carbons (Fsp3) is 0.625. The van der Waals surface area contributed by atoms with Crippen molar-refractivity contribution in [2.75, 3.05) is 68.0 Å². The summed E-state index contributed by atoms with van der Waals surface area (Å²) in [6, 6.07) is -0.0319. The summed E-state index contributed by atoms with van der Waals surface area (Å²) in [6.45, 7) is 8.36. The van der Waals surface area contributed by atoms with E-state index in [0.717, 1.165) is 81.0 Å². The number of anilines is 3. The number of amides is 1. The molecule has 0 aromatic carbocycles. The second-order valence-corrected chi connectivity index (χ2v) is 10.2. The number of nitrogens with two attached hydrogens (primary N) is 1. The standard InChI is InChI=1S/C24H33N9O2/c1-24(5-8-32(15-24)21(34)18-3-2-6-26-18)33-7-4-17-19(16-13-27-22(25)28-14-16)29-23(30-20(17)33)31-9-11-35-12-10-31/h13-14,18,26H,2-12,15H2,1H3,(H2,25,27,28)/t18-,24-/m0/s1. The summed E-state index contributed by atoms with van der Waals surface area (Å²) < 4.78 is 5.55. The first-order chi connectivity index (χ1) is 17.0. The fourth-order valence-electron chi connectivity index (χ4n) is 5.84. The maximum atomic E-state index is 13.1. The van der Waals surface area contributed by atoms with Gasteiger partial charge in [0.05, 0.1) is 30.5 Å². The molecule has 2 aromatic heterocycles. The van der Waals surface area contributed by atoms with Gasteiger partial charge in [0.25, 0.3) is 0 Å². The number of hydrogen-bond donors (Lipinski definition) is 2. The van der Waals surface area contributed by atoms with Crippen LogP contribution in [0.5, 0.6) is 0 Å². The molecule has 2 aromatic rings. The number of hydrogen-bond acceptors (Lipinski definition) is 10. The van der Waals surface area contributed by atoms with Gasteiger partial charge >= 0.3 is 0 Å². The number of morpholine rings is 1. The molecule has 3 saturated heterocycles. The Morgan fingerprint density at radius 2 is 1.97 bits per heavy atom. The SMILES string of the molecule is C[C@]1(N2CCc3c(-c4cnc(N)nc4)nc(N4CCOCC4)nc32)CCN(C(=O)[C@@H]2CCCN2)C1. The van der Waals surface area contributed by atoms with E-state index >= 15 is 0 Å². The zero-order chi connectivity index (χ0) is 24.0. The van der Waals surface area contributed by atoms with Crippen LogP contribution in [-0.4, -0.2) is 94.8 Å². The first kappa shape index (κ1) is 22.4. The molecule has 6 rings (SSSR count). The number of nitrogens with one attached hydrogen (secondary N) is 1. The average Bonchev–Trinajstić information content (AvgIpc) is 3.64. The number of ether oxygens (including phenoxy) is 1. The van der Waals surface area contributed by atoms with Gasteiger partial charge in [-0.3, -0.25) is 4.79 Å². The van der Waals surface area contributed by atoms with Crippen molar-refractivity contribution in [1.29, 1.82) is 0 Å². The molecule has 3 fully saturated rings. The number of nitrogen functional groups attached to an aromatic ring is 1. The molecule has 11 heteroatoms. The molecule has 6 heterocycles. The van der Waals surface area contributed by atoms with Crippen molar-refractivity contribution >= 4 is 23.6 Å². The molecule has 1 amide bonds. The third-order valence-corrected chi connectivity index (χ3v) is 7.83. The largest absolute Gasteiger partial charge is 0.378 e. The van der Waals surface area contributed by atoms with E-state index in [4.69, 9.17) is 20.4 Å². The third kappa shape index (κ3) is 4.06. The van der Waals surface area contributed by atoms with Crippen LogP contribution in [0.4, 0.5) is 17.7 Å². The fourth-order valence-corrected chi connectivity index (χ4v) is 5.84. The van der Waals surface area contributed by atoms with Crippen LogP contribution in [0.15, 0.2) is 12.4 Å². The van der Waals surface area contributed by atoms with Gasteiger partial charge in [-0.15, -0.1) is 0 Å². The van der Waals surface area contributed by atoms with Crippen molar-refractivity contribution in [1.82, 2.24) is 30.2 Å². The van der Waals surface area contributed by atoms with Gasteiger partial charge in [-0.1, -0.05) is 0 Å². The highest BCUT2D eigenvalue weighted by molar-refractivity contribution is 5.83. The first-order valence-corrected chi connectivity index (χ1v) is 12.6. The number of carbonyl (C=O) groups excluding carboxylic acids is 1. The minimum Gasteiger partial charge on any atom is -0.378 e. The number of aromatic nitrogens is 4. The van der Waals surface area contributed by atoms with E-state index in [1.165, 1.54) is 0 Å². The second kappa shape index (κ2) is 8.87. The number of nitrogens with zero attached hydrogens (tertiary/aromatic N) is 7. The van der Waals surface area contributed by atoms with Gasteiger partial charge in [-0.05, 0) is 39.2 Å². The van der Waals surface area contributed by atoms with E-state index in [2.05, 4.69) is 32.0 Å². The van der Waals surface area contributed by atoms with Gasteiger partial charge in [-0.25, -0.2) is 15.0 Å². The van der Waals surface area contributed by atoms with Crippen LogP contribution < -0.4 is 20.9 Å². The minimum absolute atomic E-state index is 0.0319. The van der Waals surface area contributed by atoms with Gasteiger partial charge < -0.3 is 30.5 Å². The van der Waals surface area contributed by atoms with Gasteiger partial charge in [0.15, 0.2) is 0 Å². The minimum atomic E-state index is -0.176. The van der Waals surface area contributed by atoms with Crippen LogP contribution in [0.3, 0.4) is 0 Å². The third-order valence-electron chi connectivity index (χ3n) is 7.83. The van der Waals surface area contributed by atoms with Gasteiger partial charge in [-0.2, -0.15) is 4.98 Å². The van der Waals surface area contributed by atoms with Crippen LogP contribution in [0, 0.1) is 0 Å². The number of likely N-dealkylation sites (tertiary alicyclic amines) is 1. The summed E-state index contributed by atoms with van der Waals surface area (Å²) >= 11 is 0. The molecular formula is C24H33N9O2. The molecule has 11 nitrogen and oxygen atoms in total. The average molecular weight is 480 g/mol. The smallest absolute Gasteiger partial charge is 0.239 e. The lowest BCUT2D eigenvalue weighted by molar-refractivity contribution is -0.132. The number of fused-ring (bicyclic) bond motifs is 1. The van der Waals surface area contributed by atoms with Crippen molar-refractivity contribution in [3.05, 3.63) is 18.0 Å². The Labute approximate surface area is 205 Å². The highest BCUT2D eigenvalue weighted by atomic mass is 16.5. The van der Waals surface area contributed by atoms with Crippen molar-refractivity contribution in [2.24, 2.45) is 0 Å². The molecular weight excluding hydrogens is 446 g/mol. The zero-order valence-corrected chi connectivity index (χ0v) is 20.2. The molecule has 4 aliphatic heterocycles. The highest BCUT2D eigenvalue weighted by Gasteiger charge is 2.45. The van der Waals surface area contributed by atoms with E-state index in [9.17, 15) is 4.79 Å². The molecule has 3 N–H and O–H groups in total. The van der Waals surface area contributed by atoms with Crippen molar-refractivity contribution < 1.29 is 9.53 Å². The lowest BCUT2D eigenvalue weighted by Gasteiger charge is -2.37. The summed E-state index contributed by atoms with van der Waals surface area (Å²) in [5.41, 5.74) is 8.39. The van der Waals surface area contributed by atoms with Crippen LogP contribution in [0.1, 0.15) is 31.7 Å². The summed E-state index contributed by atoms with van der Waals surface area (Å²) in [5, 5.41) is 3.36. The van der Waals surface area contributed by atoms with Crippen LogP contribution >= 0.6 is 0 Å². The lowest BCUT2D eigenvalue weighted by atomic mass is 9.99. The molecule has 35 heavy (non-hydrogen) atoms. The Kier molecular flexibility index (Phi) is 5.68. The van der Waals surface area contributed by atoms with Gasteiger partial charge in [0.2, 0.25) is 17.8 Å². The van der Waals surface area contributed by atoms with E-state index in [0.29, 0.717) is 25.7 Å². The lowest BCUT2D eigenvalue weighted by Crippen LogP contribution is -2.50. The highest BCUT2D eigenvalue weighted by Crippen LogP contribution is 2.41. The first-order valence-electron chi connectivity index (χ1n) is 12.6. The zero-order valence-electron chi connectivity index (χ0n) is 20.2. The maximum absolute atomic E-state index is 13.1.